The summed E-state index contributed by atoms with van der Waals surface area (Å²) in [5.74, 6) is -0.944. The second-order valence-electron chi connectivity index (χ2n) is 6.75. The van der Waals surface area contributed by atoms with Crippen LogP contribution in [0.4, 0.5) is 30.8 Å². The molecular formula is C19H20F3N7O. The summed E-state index contributed by atoms with van der Waals surface area (Å²) in [6.07, 6.45) is -3.24. The van der Waals surface area contributed by atoms with Crippen LogP contribution in [0.5, 0.6) is 0 Å². The quantitative estimate of drug-likeness (QED) is 0.553. The Hall–Kier alpha value is -3.34. The maximum absolute atomic E-state index is 13.2. The number of alkyl halides is 3. The van der Waals surface area contributed by atoms with Gasteiger partial charge in [0.15, 0.2) is 5.82 Å². The minimum Gasteiger partial charge on any atom is -0.389 e. The summed E-state index contributed by atoms with van der Waals surface area (Å²) in [7, 11) is 0. The van der Waals surface area contributed by atoms with E-state index in [1.807, 2.05) is 0 Å². The molecule has 3 aromatic rings. The van der Waals surface area contributed by atoms with Gasteiger partial charge in [0.1, 0.15) is 11.4 Å². The second kappa shape index (κ2) is 8.19. The largest absolute Gasteiger partial charge is 0.433 e. The van der Waals surface area contributed by atoms with Crippen LogP contribution in [0.25, 0.3) is 11.5 Å². The Morgan fingerprint density at radius 2 is 1.87 bits per heavy atom. The van der Waals surface area contributed by atoms with E-state index >= 15 is 0 Å². The number of aryl methyl sites for hydroxylation is 1. The summed E-state index contributed by atoms with van der Waals surface area (Å²) in [5, 5.41) is 15.3. The Kier molecular flexibility index (Phi) is 4.78. The van der Waals surface area contributed by atoms with Crippen molar-refractivity contribution in [1.29, 1.82) is 0 Å². The fourth-order valence-electron chi connectivity index (χ4n) is 2.22. The molecule has 0 fully saturated rings. The first-order valence-corrected chi connectivity index (χ1v) is 8.67. The molecule has 3 heterocycles. The van der Waals surface area contributed by atoms with Gasteiger partial charge in [0.05, 0.1) is 9.71 Å². The van der Waals surface area contributed by atoms with Gasteiger partial charge in [-0.3, -0.25) is 4.98 Å². The van der Waals surface area contributed by atoms with Crippen molar-refractivity contribution in [3.8, 4) is 11.5 Å². The zero-order chi connectivity index (χ0) is 24.6. The number of rotatable bonds is 6. The highest BCUT2D eigenvalue weighted by atomic mass is 19.4. The molecule has 0 radical (unpaired) electrons. The summed E-state index contributed by atoms with van der Waals surface area (Å²) in [6.45, 7) is 1.75. The molecular weight excluding hydrogens is 399 g/mol. The highest BCUT2D eigenvalue weighted by molar-refractivity contribution is 5.59. The number of aromatic nitrogens is 5. The van der Waals surface area contributed by atoms with Gasteiger partial charge < -0.3 is 15.7 Å². The summed E-state index contributed by atoms with van der Waals surface area (Å²) in [5.41, 5.74) is -2.43. The van der Waals surface area contributed by atoms with Crippen LogP contribution < -0.4 is 10.6 Å². The van der Waals surface area contributed by atoms with Gasteiger partial charge >= 0.3 is 6.18 Å². The SMILES string of the molecule is [2H]c1ccc(C(F)(F)F)nc1-c1nc(Nc2ccnc(C)c2)nc(NC([2H])([2H])C(C)(C)O)n1. The Labute approximate surface area is 174 Å². The van der Waals surface area contributed by atoms with Crippen LogP contribution in [0.1, 0.15) is 29.3 Å². The average Bonchev–Trinajstić information content (AvgIpc) is 2.66. The standard InChI is InChI=1S/C19H20F3N7O/c1-11-9-12(7-8-23-11)25-17-28-15(27-16(29-17)24-10-18(2,3)30)13-5-4-6-14(26-13)19(20,21)22/h4-9,30H,10H2,1-3H3,(H2,23,24,25,27,28,29)/i5D,10D2. The summed E-state index contributed by atoms with van der Waals surface area (Å²) < 4.78 is 63.6. The topological polar surface area (TPSA) is 109 Å². The van der Waals surface area contributed by atoms with Crippen LogP contribution in [0.2, 0.25) is 0 Å². The molecule has 0 bridgehead atoms. The molecule has 0 aliphatic rings. The van der Waals surface area contributed by atoms with E-state index < -0.39 is 35.5 Å². The zero-order valence-corrected chi connectivity index (χ0v) is 16.2. The van der Waals surface area contributed by atoms with E-state index in [9.17, 15) is 18.3 Å². The van der Waals surface area contributed by atoms with Gasteiger partial charge in [0, 0.05) is 24.1 Å². The number of aliphatic hydroxyl groups is 1. The third-order valence-corrected chi connectivity index (χ3v) is 3.46. The maximum atomic E-state index is 13.2. The van der Waals surface area contributed by atoms with Gasteiger partial charge in [-0.25, -0.2) is 4.98 Å². The Balaban J connectivity index is 2.13. The second-order valence-corrected chi connectivity index (χ2v) is 6.75. The van der Waals surface area contributed by atoms with Crippen LogP contribution in [-0.4, -0.2) is 42.1 Å². The summed E-state index contributed by atoms with van der Waals surface area (Å²) >= 11 is 0. The minimum atomic E-state index is -4.76. The van der Waals surface area contributed by atoms with E-state index in [0.29, 0.717) is 17.4 Å². The molecule has 0 unspecified atom stereocenters. The third-order valence-electron chi connectivity index (χ3n) is 3.46. The van der Waals surface area contributed by atoms with Crippen molar-refractivity contribution >= 4 is 17.6 Å². The Bertz CT molecular complexity index is 1170. The molecule has 11 heteroatoms. The molecule has 0 amide bonds. The Morgan fingerprint density at radius 3 is 2.53 bits per heavy atom. The van der Waals surface area contributed by atoms with Crippen LogP contribution in [-0.2, 0) is 6.18 Å². The number of pyridine rings is 2. The molecule has 0 atom stereocenters. The molecule has 0 aromatic carbocycles. The van der Waals surface area contributed by atoms with Crippen LogP contribution in [0, 0.1) is 6.92 Å². The van der Waals surface area contributed by atoms with Crippen molar-refractivity contribution in [2.75, 3.05) is 17.1 Å². The van der Waals surface area contributed by atoms with Crippen LogP contribution in [0.3, 0.4) is 0 Å². The van der Waals surface area contributed by atoms with Crippen molar-refractivity contribution in [2.45, 2.75) is 32.5 Å². The van der Waals surface area contributed by atoms with Gasteiger partial charge in [-0.05, 0) is 45.0 Å². The zero-order valence-electron chi connectivity index (χ0n) is 19.2. The van der Waals surface area contributed by atoms with Gasteiger partial charge in [-0.2, -0.15) is 28.1 Å². The highest BCUT2D eigenvalue weighted by Gasteiger charge is 2.32. The Morgan fingerprint density at radius 1 is 1.13 bits per heavy atom. The first-order valence-electron chi connectivity index (χ1n) is 10.2. The van der Waals surface area contributed by atoms with Gasteiger partial charge in [-0.15, -0.1) is 0 Å². The lowest BCUT2D eigenvalue weighted by molar-refractivity contribution is -0.141. The van der Waals surface area contributed by atoms with Crippen molar-refractivity contribution in [1.82, 2.24) is 24.9 Å². The predicted octanol–water partition coefficient (Wildman–Crippen LogP) is 3.58. The van der Waals surface area contributed by atoms with E-state index in [0.717, 1.165) is 6.07 Å². The lowest BCUT2D eigenvalue weighted by Crippen LogP contribution is -2.30. The number of nitrogens with zero attached hydrogens (tertiary/aromatic N) is 5. The van der Waals surface area contributed by atoms with Gasteiger partial charge in [0.25, 0.3) is 0 Å². The lowest BCUT2D eigenvalue weighted by atomic mass is 10.1. The normalized spacial score (nSPS) is 13.9. The molecule has 3 aromatic heterocycles. The van der Waals surface area contributed by atoms with Crippen LogP contribution in [0.15, 0.2) is 36.5 Å². The predicted molar refractivity (Wildman–Crippen MR) is 105 cm³/mol. The van der Waals surface area contributed by atoms with Gasteiger partial charge in [-0.1, -0.05) is 6.07 Å². The summed E-state index contributed by atoms with van der Waals surface area (Å²) in [4.78, 5) is 19.6. The van der Waals surface area contributed by atoms with Crippen LogP contribution >= 0.6 is 0 Å². The van der Waals surface area contributed by atoms with Crippen molar-refractivity contribution < 1.29 is 22.4 Å². The highest BCUT2D eigenvalue weighted by Crippen LogP contribution is 2.29. The van der Waals surface area contributed by atoms with Gasteiger partial charge in [0.2, 0.25) is 11.9 Å². The molecule has 0 saturated heterocycles. The molecule has 3 N–H and O–H groups in total. The molecule has 30 heavy (non-hydrogen) atoms. The lowest BCUT2D eigenvalue weighted by Gasteiger charge is -2.18. The number of hydrogen-bond donors (Lipinski definition) is 3. The van der Waals surface area contributed by atoms with E-state index in [1.54, 1.807) is 19.1 Å². The first-order chi connectivity index (χ1) is 15.2. The van der Waals surface area contributed by atoms with E-state index in [1.165, 1.54) is 20.0 Å². The molecule has 0 saturated carbocycles. The molecule has 158 valence electrons. The van der Waals surface area contributed by atoms with E-state index in [-0.39, 0.29) is 17.9 Å². The average molecular weight is 422 g/mol. The number of anilines is 3. The molecule has 8 nitrogen and oxygen atoms in total. The smallest absolute Gasteiger partial charge is 0.389 e. The fraction of sp³-hybridized carbons (Fsp3) is 0.316. The minimum absolute atomic E-state index is 0.154. The first kappa shape index (κ1) is 17.5. The molecule has 0 spiro atoms. The number of halogens is 3. The molecule has 0 aliphatic carbocycles. The number of hydrogen-bond acceptors (Lipinski definition) is 8. The third kappa shape index (κ3) is 5.83. The van der Waals surface area contributed by atoms with E-state index in [4.69, 9.17) is 4.11 Å². The molecule has 0 aliphatic heterocycles. The van der Waals surface area contributed by atoms with Crippen molar-refractivity contribution in [2.24, 2.45) is 0 Å². The van der Waals surface area contributed by atoms with E-state index in [2.05, 4.69) is 35.6 Å². The summed E-state index contributed by atoms with van der Waals surface area (Å²) in [6, 6.07) is 4.45. The maximum Gasteiger partial charge on any atom is 0.433 e. The fourth-order valence-corrected chi connectivity index (χ4v) is 2.22. The van der Waals surface area contributed by atoms with Crippen molar-refractivity contribution in [3.05, 3.63) is 47.9 Å². The monoisotopic (exact) mass is 422 g/mol. The number of nitrogens with one attached hydrogen (secondary N) is 2. The van der Waals surface area contributed by atoms with Crippen molar-refractivity contribution in [3.63, 3.8) is 0 Å². The molecule has 3 rings (SSSR count).